The van der Waals surface area contributed by atoms with Crippen LogP contribution in [0.5, 0.6) is 0 Å². The first-order valence-corrected chi connectivity index (χ1v) is 7.39. The Hall–Kier alpha value is -1.61. The minimum absolute atomic E-state index is 0.0716. The number of Topliss-reactive ketones (excluding diaryl/α,β-unsaturated/α-hetero) is 1. The van der Waals surface area contributed by atoms with Crippen molar-refractivity contribution >= 4 is 17.5 Å². The first kappa shape index (κ1) is 14.8. The maximum absolute atomic E-state index is 13.1. The number of carbonyl (C=O) groups is 1. The van der Waals surface area contributed by atoms with E-state index < -0.39 is 0 Å². The second-order valence-electron chi connectivity index (χ2n) is 4.88. The van der Waals surface area contributed by atoms with Crippen LogP contribution in [0.25, 0.3) is 0 Å². The Morgan fingerprint density at radius 3 is 2.50 bits per heavy atom. The number of halogens is 1. The van der Waals surface area contributed by atoms with Gasteiger partial charge in [0, 0.05) is 10.5 Å². The lowest BCUT2D eigenvalue weighted by Crippen LogP contribution is -2.13. The van der Waals surface area contributed by atoms with E-state index in [0.717, 1.165) is 10.5 Å². The normalized spacial score (nSPS) is 12.2. The highest BCUT2D eigenvalue weighted by Crippen LogP contribution is 2.26. The second kappa shape index (κ2) is 6.23. The molecule has 0 radical (unpaired) electrons. The van der Waals surface area contributed by atoms with Gasteiger partial charge in [-0.2, -0.15) is 0 Å². The summed E-state index contributed by atoms with van der Waals surface area (Å²) in [5.74, 6) is -0.205. The summed E-state index contributed by atoms with van der Waals surface area (Å²) in [6.45, 7) is 5.87. The molecule has 0 heterocycles. The lowest BCUT2D eigenvalue weighted by atomic mass is 10.0. The van der Waals surface area contributed by atoms with Gasteiger partial charge in [-0.1, -0.05) is 18.2 Å². The van der Waals surface area contributed by atoms with Gasteiger partial charge in [0.25, 0.3) is 0 Å². The lowest BCUT2D eigenvalue weighted by Gasteiger charge is -2.11. The van der Waals surface area contributed by atoms with E-state index in [1.807, 2.05) is 45.0 Å². The number of carbonyl (C=O) groups excluding carboxylic acids is 1. The van der Waals surface area contributed by atoms with Crippen LogP contribution < -0.4 is 0 Å². The lowest BCUT2D eigenvalue weighted by molar-refractivity contribution is 0.0994. The number of benzene rings is 2. The van der Waals surface area contributed by atoms with E-state index in [-0.39, 0.29) is 16.9 Å². The Labute approximate surface area is 123 Å². The largest absolute Gasteiger partial charge is 0.293 e. The topological polar surface area (TPSA) is 17.1 Å². The van der Waals surface area contributed by atoms with Crippen molar-refractivity contribution < 1.29 is 9.18 Å². The fourth-order valence-corrected chi connectivity index (χ4v) is 2.92. The van der Waals surface area contributed by atoms with Gasteiger partial charge in [-0.3, -0.25) is 4.79 Å². The van der Waals surface area contributed by atoms with Gasteiger partial charge >= 0.3 is 0 Å². The Balaban J connectivity index is 2.14. The van der Waals surface area contributed by atoms with Gasteiger partial charge in [-0.25, -0.2) is 4.39 Å². The third kappa shape index (κ3) is 3.48. The number of ketones is 1. The van der Waals surface area contributed by atoms with Crippen molar-refractivity contribution in [3.8, 4) is 0 Å². The van der Waals surface area contributed by atoms with Crippen LogP contribution in [-0.2, 0) is 0 Å². The van der Waals surface area contributed by atoms with E-state index in [0.29, 0.717) is 5.56 Å². The molecule has 0 aliphatic heterocycles. The maximum Gasteiger partial charge on any atom is 0.175 e. The molecule has 0 amide bonds. The van der Waals surface area contributed by atoms with Crippen LogP contribution in [-0.4, -0.2) is 11.0 Å². The molecular weight excluding hydrogens is 271 g/mol. The summed E-state index contributed by atoms with van der Waals surface area (Å²) in [7, 11) is 0. The van der Waals surface area contributed by atoms with Crippen molar-refractivity contribution in [1.82, 2.24) is 0 Å². The summed E-state index contributed by atoms with van der Waals surface area (Å²) < 4.78 is 13.1. The van der Waals surface area contributed by atoms with Gasteiger partial charge in [-0.15, -0.1) is 11.8 Å². The van der Waals surface area contributed by atoms with E-state index in [1.165, 1.54) is 29.5 Å². The Kier molecular flexibility index (Phi) is 4.61. The van der Waals surface area contributed by atoms with Crippen molar-refractivity contribution in [1.29, 1.82) is 0 Å². The van der Waals surface area contributed by atoms with Gasteiger partial charge in [-0.05, 0) is 56.2 Å². The molecule has 2 aromatic rings. The monoisotopic (exact) mass is 288 g/mol. The Bertz CT molecular complexity index is 637. The molecule has 0 aromatic heterocycles. The molecule has 2 aromatic carbocycles. The molecule has 0 aliphatic carbocycles. The van der Waals surface area contributed by atoms with Gasteiger partial charge in [0.15, 0.2) is 5.78 Å². The zero-order chi connectivity index (χ0) is 14.7. The molecule has 1 unspecified atom stereocenters. The summed E-state index contributed by atoms with van der Waals surface area (Å²) in [4.78, 5) is 13.2. The molecule has 1 nitrogen and oxygen atoms in total. The summed E-state index contributed by atoms with van der Waals surface area (Å²) in [6, 6.07) is 12.1. The Morgan fingerprint density at radius 2 is 1.85 bits per heavy atom. The van der Waals surface area contributed by atoms with E-state index >= 15 is 0 Å². The van der Waals surface area contributed by atoms with Gasteiger partial charge in [0.2, 0.25) is 0 Å². The van der Waals surface area contributed by atoms with Crippen LogP contribution in [0.3, 0.4) is 0 Å². The van der Waals surface area contributed by atoms with Crippen LogP contribution in [0.15, 0.2) is 47.4 Å². The molecule has 0 saturated heterocycles. The first-order chi connectivity index (χ1) is 9.47. The zero-order valence-electron chi connectivity index (χ0n) is 11.8. The van der Waals surface area contributed by atoms with Crippen LogP contribution >= 0.6 is 11.8 Å². The van der Waals surface area contributed by atoms with E-state index in [9.17, 15) is 9.18 Å². The third-order valence-corrected chi connectivity index (χ3v) is 4.36. The molecule has 0 fully saturated rings. The molecule has 3 heteroatoms. The fourth-order valence-electron chi connectivity index (χ4n) is 1.93. The van der Waals surface area contributed by atoms with Crippen LogP contribution in [0.2, 0.25) is 0 Å². The van der Waals surface area contributed by atoms with Crippen LogP contribution in [0.4, 0.5) is 4.39 Å². The standard InChI is InChI=1S/C17H17FOS/c1-11-7-8-14(9-12(11)2)17(19)13(3)20-16-6-4-5-15(18)10-16/h4-10,13H,1-3H3. The quantitative estimate of drug-likeness (QED) is 0.593. The SMILES string of the molecule is Cc1ccc(C(=O)C(C)Sc2cccc(F)c2)cc1C. The molecule has 104 valence electrons. The molecule has 0 spiro atoms. The van der Waals surface area contributed by atoms with E-state index in [2.05, 4.69) is 0 Å². The average Bonchev–Trinajstić information content (AvgIpc) is 2.41. The molecule has 0 bridgehead atoms. The van der Waals surface area contributed by atoms with Gasteiger partial charge in [0.05, 0.1) is 5.25 Å². The predicted octanol–water partition coefficient (Wildman–Crippen LogP) is 4.81. The van der Waals surface area contributed by atoms with Gasteiger partial charge in [0.1, 0.15) is 5.82 Å². The van der Waals surface area contributed by atoms with Crippen molar-refractivity contribution in [2.24, 2.45) is 0 Å². The van der Waals surface area contributed by atoms with Crippen LogP contribution in [0, 0.1) is 19.7 Å². The van der Waals surface area contributed by atoms with Crippen molar-refractivity contribution in [2.45, 2.75) is 30.9 Å². The molecule has 0 aliphatic rings. The number of rotatable bonds is 4. The number of hydrogen-bond acceptors (Lipinski definition) is 2. The molecule has 0 N–H and O–H groups in total. The fraction of sp³-hybridized carbons (Fsp3) is 0.235. The number of aryl methyl sites for hydroxylation is 2. The summed E-state index contributed by atoms with van der Waals surface area (Å²) in [5.41, 5.74) is 3.00. The third-order valence-electron chi connectivity index (χ3n) is 3.27. The Morgan fingerprint density at radius 1 is 1.10 bits per heavy atom. The zero-order valence-corrected chi connectivity index (χ0v) is 12.6. The van der Waals surface area contributed by atoms with Crippen LogP contribution in [0.1, 0.15) is 28.4 Å². The predicted molar refractivity (Wildman–Crippen MR) is 82.0 cm³/mol. The average molecular weight is 288 g/mol. The van der Waals surface area contributed by atoms with E-state index in [1.54, 1.807) is 6.07 Å². The maximum atomic E-state index is 13.1. The summed E-state index contributed by atoms with van der Waals surface area (Å²) in [5, 5.41) is -0.237. The summed E-state index contributed by atoms with van der Waals surface area (Å²) >= 11 is 1.38. The molecule has 0 saturated carbocycles. The molecule has 20 heavy (non-hydrogen) atoms. The smallest absolute Gasteiger partial charge is 0.175 e. The van der Waals surface area contributed by atoms with Gasteiger partial charge < -0.3 is 0 Å². The second-order valence-corrected chi connectivity index (χ2v) is 6.29. The highest BCUT2D eigenvalue weighted by molar-refractivity contribution is 8.00. The molecule has 2 rings (SSSR count). The van der Waals surface area contributed by atoms with Crippen molar-refractivity contribution in [2.75, 3.05) is 0 Å². The van der Waals surface area contributed by atoms with Crippen molar-refractivity contribution in [3.05, 3.63) is 65.0 Å². The minimum Gasteiger partial charge on any atom is -0.293 e. The first-order valence-electron chi connectivity index (χ1n) is 6.51. The summed E-state index contributed by atoms with van der Waals surface area (Å²) in [6.07, 6.45) is 0. The number of thioether (sulfide) groups is 1. The minimum atomic E-state index is -0.277. The van der Waals surface area contributed by atoms with E-state index in [4.69, 9.17) is 0 Å². The van der Waals surface area contributed by atoms with Crippen molar-refractivity contribution in [3.63, 3.8) is 0 Å². The highest BCUT2D eigenvalue weighted by Gasteiger charge is 2.17. The highest BCUT2D eigenvalue weighted by atomic mass is 32.2. The molecule has 1 atom stereocenters. The molecular formula is C17H17FOS. The number of hydrogen-bond donors (Lipinski definition) is 0.